The van der Waals surface area contributed by atoms with E-state index >= 15 is 0 Å². The quantitative estimate of drug-likeness (QED) is 0.382. The van der Waals surface area contributed by atoms with Crippen LogP contribution < -0.4 is 10.9 Å². The van der Waals surface area contributed by atoms with Crippen LogP contribution >= 0.6 is 22.9 Å². The van der Waals surface area contributed by atoms with Crippen LogP contribution in [0.25, 0.3) is 11.2 Å². The fourth-order valence-electron chi connectivity index (χ4n) is 4.46. The Labute approximate surface area is 209 Å². The van der Waals surface area contributed by atoms with Crippen molar-refractivity contribution >= 4 is 49.8 Å². The molecular weight excluding hydrogens is 492 g/mol. The highest BCUT2D eigenvalue weighted by atomic mass is 35.5. The lowest BCUT2D eigenvalue weighted by molar-refractivity contribution is 0.483. The van der Waals surface area contributed by atoms with Gasteiger partial charge in [-0.25, -0.2) is 18.4 Å². The van der Waals surface area contributed by atoms with Crippen molar-refractivity contribution < 1.29 is 8.42 Å². The molecule has 1 fully saturated rings. The van der Waals surface area contributed by atoms with Gasteiger partial charge in [-0.3, -0.25) is 9.36 Å². The smallest absolute Gasteiger partial charge is 0.295 e. The summed E-state index contributed by atoms with van der Waals surface area (Å²) >= 11 is 7.68. The van der Waals surface area contributed by atoms with E-state index in [9.17, 15) is 13.2 Å². The number of aryl methyl sites for hydroxylation is 1. The summed E-state index contributed by atoms with van der Waals surface area (Å²) in [4.78, 5) is 23.6. The zero-order chi connectivity index (χ0) is 24.8. The third kappa shape index (κ3) is 4.50. The predicted molar refractivity (Wildman–Crippen MR) is 139 cm³/mol. The van der Waals surface area contributed by atoms with Crippen LogP contribution in [0.5, 0.6) is 0 Å². The van der Waals surface area contributed by atoms with Crippen molar-refractivity contribution in [2.24, 2.45) is 5.92 Å². The molecule has 0 aliphatic heterocycles. The van der Waals surface area contributed by atoms with Gasteiger partial charge in [0.15, 0.2) is 21.3 Å². The number of aromatic nitrogens is 3. The maximum absolute atomic E-state index is 13.5. The summed E-state index contributed by atoms with van der Waals surface area (Å²) < 4.78 is 27.3. The van der Waals surface area contributed by atoms with Crippen molar-refractivity contribution in [2.75, 3.05) is 11.1 Å². The number of pyridine rings is 1. The Morgan fingerprint density at radius 2 is 1.94 bits per heavy atom. The fourth-order valence-corrected chi connectivity index (χ4v) is 7.81. The van der Waals surface area contributed by atoms with Crippen molar-refractivity contribution in [2.45, 2.75) is 77.1 Å². The molecule has 7 nitrogen and oxygen atoms in total. The molecule has 3 heterocycles. The maximum atomic E-state index is 13.5. The molecule has 1 unspecified atom stereocenters. The third-order valence-corrected chi connectivity index (χ3v) is 10.8. The Hall–Kier alpha value is -1.97. The molecule has 0 spiro atoms. The van der Waals surface area contributed by atoms with Gasteiger partial charge in [0.05, 0.1) is 12.3 Å². The van der Waals surface area contributed by atoms with Gasteiger partial charge in [0.2, 0.25) is 0 Å². The van der Waals surface area contributed by atoms with E-state index in [1.165, 1.54) is 11.3 Å². The number of halogens is 1. The van der Waals surface area contributed by atoms with Gasteiger partial charge in [0.25, 0.3) is 5.56 Å². The van der Waals surface area contributed by atoms with E-state index < -0.39 is 9.84 Å². The number of hydrogen-bond acceptors (Lipinski definition) is 7. The van der Waals surface area contributed by atoms with Crippen LogP contribution in [0.15, 0.2) is 15.1 Å². The summed E-state index contributed by atoms with van der Waals surface area (Å²) in [7, 11) is -3.30. The van der Waals surface area contributed by atoms with Crippen LogP contribution in [0, 0.1) is 12.8 Å². The first-order valence-electron chi connectivity index (χ1n) is 11.8. The fraction of sp³-hybridized carbons (Fsp3) is 0.542. The van der Waals surface area contributed by atoms with Crippen LogP contribution in [0.2, 0.25) is 5.15 Å². The molecule has 0 amide bonds. The zero-order valence-corrected chi connectivity index (χ0v) is 22.6. The van der Waals surface area contributed by atoms with Gasteiger partial charge in [0.1, 0.15) is 14.9 Å². The van der Waals surface area contributed by atoms with Crippen molar-refractivity contribution in [3.63, 3.8) is 0 Å². The lowest BCUT2D eigenvalue weighted by Crippen LogP contribution is -2.29. The maximum Gasteiger partial charge on any atom is 0.295 e. The predicted octanol–water partition coefficient (Wildman–Crippen LogP) is 5.32. The highest BCUT2D eigenvalue weighted by molar-refractivity contribution is 7.93. The molecule has 34 heavy (non-hydrogen) atoms. The van der Waals surface area contributed by atoms with Gasteiger partial charge in [0, 0.05) is 10.9 Å². The SMILES string of the molecule is CCc1cc2nc(NCc3sc(S(=O)(=O)CC)c(C)c3CC)c(=O)n(C(C)C3CC3)c2nc1Cl. The molecule has 0 bridgehead atoms. The van der Waals surface area contributed by atoms with E-state index in [2.05, 4.69) is 15.3 Å². The zero-order valence-electron chi connectivity index (χ0n) is 20.2. The molecule has 1 saturated carbocycles. The van der Waals surface area contributed by atoms with Gasteiger partial charge in [-0.1, -0.05) is 32.4 Å². The van der Waals surface area contributed by atoms with E-state index in [1.54, 1.807) is 11.5 Å². The second-order valence-electron chi connectivity index (χ2n) is 8.87. The van der Waals surface area contributed by atoms with Gasteiger partial charge in [-0.2, -0.15) is 0 Å². The average Bonchev–Trinajstić information content (AvgIpc) is 3.60. The second kappa shape index (κ2) is 9.59. The molecule has 1 atom stereocenters. The Bertz CT molecular complexity index is 1410. The number of sulfone groups is 1. The van der Waals surface area contributed by atoms with Crippen LogP contribution in [0.3, 0.4) is 0 Å². The number of hydrogen-bond donors (Lipinski definition) is 1. The van der Waals surface area contributed by atoms with E-state index in [-0.39, 0.29) is 23.2 Å². The van der Waals surface area contributed by atoms with Crippen molar-refractivity contribution in [1.29, 1.82) is 0 Å². The molecule has 1 aliphatic carbocycles. The minimum Gasteiger partial charge on any atom is -0.361 e. The number of rotatable bonds is 9. The summed E-state index contributed by atoms with van der Waals surface area (Å²) in [5.41, 5.74) is 3.61. The highest BCUT2D eigenvalue weighted by Crippen LogP contribution is 2.40. The van der Waals surface area contributed by atoms with Crippen molar-refractivity contribution in [3.8, 4) is 0 Å². The normalized spacial score (nSPS) is 15.1. The average molecular weight is 523 g/mol. The van der Waals surface area contributed by atoms with Crippen molar-refractivity contribution in [1.82, 2.24) is 14.5 Å². The third-order valence-electron chi connectivity index (χ3n) is 6.73. The monoisotopic (exact) mass is 522 g/mol. The Morgan fingerprint density at radius 1 is 1.24 bits per heavy atom. The van der Waals surface area contributed by atoms with E-state index in [1.807, 2.05) is 33.8 Å². The highest BCUT2D eigenvalue weighted by Gasteiger charge is 2.32. The summed E-state index contributed by atoms with van der Waals surface area (Å²) in [5, 5.41) is 3.63. The number of anilines is 1. The largest absolute Gasteiger partial charge is 0.361 e. The number of nitrogens with zero attached hydrogens (tertiary/aromatic N) is 3. The number of thiophene rings is 1. The molecule has 10 heteroatoms. The van der Waals surface area contributed by atoms with E-state index in [0.29, 0.717) is 39.4 Å². The van der Waals surface area contributed by atoms with Gasteiger partial charge >= 0.3 is 0 Å². The minimum absolute atomic E-state index is 0.00826. The van der Waals surface area contributed by atoms with Gasteiger partial charge in [-0.05, 0) is 68.2 Å². The Morgan fingerprint density at radius 3 is 2.53 bits per heavy atom. The van der Waals surface area contributed by atoms with Crippen LogP contribution in [0.4, 0.5) is 5.82 Å². The summed E-state index contributed by atoms with van der Waals surface area (Å²) in [6, 6.07) is 1.90. The summed E-state index contributed by atoms with van der Waals surface area (Å²) in [6.07, 6.45) is 3.61. The van der Waals surface area contributed by atoms with Gasteiger partial charge in [-0.15, -0.1) is 11.3 Å². The first kappa shape index (κ1) is 25.1. The molecule has 0 saturated heterocycles. The van der Waals surface area contributed by atoms with Crippen molar-refractivity contribution in [3.05, 3.63) is 43.1 Å². The number of nitrogens with one attached hydrogen (secondary N) is 1. The van der Waals surface area contributed by atoms with E-state index in [0.717, 1.165) is 40.8 Å². The molecule has 184 valence electrons. The molecule has 1 N–H and O–H groups in total. The lowest BCUT2D eigenvalue weighted by Gasteiger charge is -2.19. The van der Waals surface area contributed by atoms with Crippen LogP contribution in [-0.4, -0.2) is 28.7 Å². The summed E-state index contributed by atoms with van der Waals surface area (Å²) in [6.45, 7) is 9.92. The second-order valence-corrected chi connectivity index (χ2v) is 12.8. The molecule has 4 rings (SSSR count). The first-order chi connectivity index (χ1) is 16.1. The molecule has 0 radical (unpaired) electrons. The summed E-state index contributed by atoms with van der Waals surface area (Å²) in [5.74, 6) is 0.755. The number of fused-ring (bicyclic) bond motifs is 1. The molecule has 0 aromatic carbocycles. The molecular formula is C24H31ClN4O3S2. The topological polar surface area (TPSA) is 94.0 Å². The molecule has 3 aromatic rings. The van der Waals surface area contributed by atoms with Crippen LogP contribution in [-0.2, 0) is 29.2 Å². The van der Waals surface area contributed by atoms with Gasteiger partial charge < -0.3 is 5.32 Å². The Kier molecular flexibility index (Phi) is 7.09. The van der Waals surface area contributed by atoms with E-state index in [4.69, 9.17) is 11.6 Å². The van der Waals surface area contributed by atoms with Crippen LogP contribution in [0.1, 0.15) is 68.1 Å². The lowest BCUT2D eigenvalue weighted by atomic mass is 10.1. The molecule has 3 aromatic heterocycles. The molecule has 1 aliphatic rings. The Balaban J connectivity index is 1.79. The first-order valence-corrected chi connectivity index (χ1v) is 14.7. The minimum atomic E-state index is -3.30. The standard InChI is InChI=1S/C24H31ClN4O3S2/c1-6-15-11-18-22(28-20(15)25)29(14(5)16-9-10-16)23(30)21(27-18)26-12-19-17(7-2)13(4)24(33-19)34(31,32)8-3/h11,14,16H,6-10,12H2,1-5H3,(H,26,27).